The van der Waals surface area contributed by atoms with Crippen LogP contribution in [-0.4, -0.2) is 12.2 Å². The zero-order valence-electron chi connectivity index (χ0n) is 6.52. The third-order valence-corrected chi connectivity index (χ3v) is 2.42. The summed E-state index contributed by atoms with van der Waals surface area (Å²) in [6.45, 7) is 1.97. The SMILES string of the molecule is CC1CC[C@H](N)CCC1F. The molecule has 2 unspecified atom stereocenters. The molecule has 1 aliphatic carbocycles. The van der Waals surface area contributed by atoms with Gasteiger partial charge in [-0.05, 0) is 31.6 Å². The first-order valence-corrected chi connectivity index (χ1v) is 4.10. The van der Waals surface area contributed by atoms with Crippen molar-refractivity contribution in [3.05, 3.63) is 0 Å². The van der Waals surface area contributed by atoms with E-state index in [1.165, 1.54) is 0 Å². The van der Waals surface area contributed by atoms with Crippen LogP contribution in [0.4, 0.5) is 4.39 Å². The van der Waals surface area contributed by atoms with Crippen molar-refractivity contribution in [2.45, 2.75) is 44.8 Å². The highest BCUT2D eigenvalue weighted by molar-refractivity contribution is 4.75. The van der Waals surface area contributed by atoms with Crippen molar-refractivity contribution in [3.8, 4) is 0 Å². The molecular formula is C8H16FN. The Bertz CT molecular complexity index is 93.4. The van der Waals surface area contributed by atoms with E-state index in [4.69, 9.17) is 5.73 Å². The molecule has 0 amide bonds. The van der Waals surface area contributed by atoms with Crippen molar-refractivity contribution in [3.63, 3.8) is 0 Å². The Morgan fingerprint density at radius 2 is 1.80 bits per heavy atom. The van der Waals surface area contributed by atoms with Crippen molar-refractivity contribution in [2.75, 3.05) is 0 Å². The maximum absolute atomic E-state index is 13.0. The van der Waals surface area contributed by atoms with Crippen LogP contribution in [0.3, 0.4) is 0 Å². The summed E-state index contributed by atoms with van der Waals surface area (Å²) in [4.78, 5) is 0. The maximum atomic E-state index is 13.0. The predicted molar refractivity (Wildman–Crippen MR) is 40.5 cm³/mol. The molecular weight excluding hydrogens is 129 g/mol. The number of hydrogen-bond acceptors (Lipinski definition) is 1. The van der Waals surface area contributed by atoms with Crippen LogP contribution in [0.2, 0.25) is 0 Å². The van der Waals surface area contributed by atoms with E-state index in [0.29, 0.717) is 6.42 Å². The van der Waals surface area contributed by atoms with Gasteiger partial charge in [0.05, 0.1) is 0 Å². The summed E-state index contributed by atoms with van der Waals surface area (Å²) < 4.78 is 13.0. The first kappa shape index (κ1) is 7.99. The summed E-state index contributed by atoms with van der Waals surface area (Å²) >= 11 is 0. The van der Waals surface area contributed by atoms with E-state index >= 15 is 0 Å². The van der Waals surface area contributed by atoms with Gasteiger partial charge in [0.2, 0.25) is 0 Å². The highest BCUT2D eigenvalue weighted by Gasteiger charge is 2.21. The number of rotatable bonds is 0. The summed E-state index contributed by atoms with van der Waals surface area (Å²) in [5, 5.41) is 0. The minimum absolute atomic E-state index is 0.230. The molecule has 0 heterocycles. The van der Waals surface area contributed by atoms with Crippen LogP contribution < -0.4 is 5.73 Å². The lowest BCUT2D eigenvalue weighted by atomic mass is 10.0. The van der Waals surface area contributed by atoms with E-state index in [1.54, 1.807) is 0 Å². The van der Waals surface area contributed by atoms with Crippen molar-refractivity contribution in [1.29, 1.82) is 0 Å². The molecule has 2 N–H and O–H groups in total. The lowest BCUT2D eigenvalue weighted by Gasteiger charge is -2.10. The molecule has 0 aromatic rings. The molecule has 1 saturated carbocycles. The van der Waals surface area contributed by atoms with Gasteiger partial charge in [-0.1, -0.05) is 6.92 Å². The molecule has 0 spiro atoms. The van der Waals surface area contributed by atoms with Crippen LogP contribution in [0, 0.1) is 5.92 Å². The molecule has 1 nitrogen and oxygen atoms in total. The van der Waals surface area contributed by atoms with Crippen molar-refractivity contribution in [1.82, 2.24) is 0 Å². The first-order valence-electron chi connectivity index (χ1n) is 4.10. The third-order valence-electron chi connectivity index (χ3n) is 2.42. The van der Waals surface area contributed by atoms with Crippen LogP contribution in [0.15, 0.2) is 0 Å². The largest absolute Gasteiger partial charge is 0.328 e. The fourth-order valence-electron chi connectivity index (χ4n) is 1.46. The Hall–Kier alpha value is -0.110. The number of alkyl halides is 1. The van der Waals surface area contributed by atoms with Crippen LogP contribution >= 0.6 is 0 Å². The molecule has 2 heteroatoms. The molecule has 0 bridgehead atoms. The molecule has 0 aromatic heterocycles. The number of hydrogen-bond donors (Lipinski definition) is 1. The van der Waals surface area contributed by atoms with Crippen molar-refractivity contribution < 1.29 is 4.39 Å². The highest BCUT2D eigenvalue weighted by atomic mass is 19.1. The summed E-state index contributed by atoms with van der Waals surface area (Å²) in [6.07, 6.45) is 2.89. The van der Waals surface area contributed by atoms with E-state index in [0.717, 1.165) is 19.3 Å². The monoisotopic (exact) mass is 145 g/mol. The molecule has 10 heavy (non-hydrogen) atoms. The van der Waals surface area contributed by atoms with Crippen molar-refractivity contribution >= 4 is 0 Å². The molecule has 1 fully saturated rings. The van der Waals surface area contributed by atoms with Crippen LogP contribution in [0.5, 0.6) is 0 Å². The van der Waals surface area contributed by atoms with Gasteiger partial charge in [0.25, 0.3) is 0 Å². The van der Waals surface area contributed by atoms with E-state index < -0.39 is 6.17 Å². The zero-order chi connectivity index (χ0) is 7.56. The number of halogens is 1. The minimum atomic E-state index is -0.603. The van der Waals surface area contributed by atoms with Gasteiger partial charge >= 0.3 is 0 Å². The minimum Gasteiger partial charge on any atom is -0.328 e. The molecule has 0 aromatic carbocycles. The Balaban J connectivity index is 2.38. The topological polar surface area (TPSA) is 26.0 Å². The van der Waals surface area contributed by atoms with Gasteiger partial charge < -0.3 is 5.73 Å². The summed E-state index contributed by atoms with van der Waals surface area (Å²) in [5.74, 6) is 0.230. The summed E-state index contributed by atoms with van der Waals surface area (Å²) in [5.41, 5.74) is 5.69. The average molecular weight is 145 g/mol. The summed E-state index contributed by atoms with van der Waals surface area (Å²) in [6, 6.07) is 0.253. The molecule has 1 aliphatic rings. The highest BCUT2D eigenvalue weighted by Crippen LogP contribution is 2.24. The molecule has 3 atom stereocenters. The quantitative estimate of drug-likeness (QED) is 0.517. The van der Waals surface area contributed by atoms with Crippen LogP contribution in [0.25, 0.3) is 0 Å². The normalized spacial score (nSPS) is 42.9. The second kappa shape index (κ2) is 3.33. The van der Waals surface area contributed by atoms with E-state index in [-0.39, 0.29) is 12.0 Å². The van der Waals surface area contributed by atoms with Gasteiger partial charge in [0.1, 0.15) is 6.17 Å². The fourth-order valence-corrected chi connectivity index (χ4v) is 1.46. The maximum Gasteiger partial charge on any atom is 0.103 e. The molecule has 0 radical (unpaired) electrons. The zero-order valence-corrected chi connectivity index (χ0v) is 6.52. The van der Waals surface area contributed by atoms with Crippen LogP contribution in [-0.2, 0) is 0 Å². The van der Waals surface area contributed by atoms with E-state index in [2.05, 4.69) is 0 Å². The molecule has 60 valence electrons. The van der Waals surface area contributed by atoms with Crippen LogP contribution in [0.1, 0.15) is 32.6 Å². The Morgan fingerprint density at radius 1 is 1.20 bits per heavy atom. The third kappa shape index (κ3) is 1.94. The van der Waals surface area contributed by atoms with Gasteiger partial charge in [-0.3, -0.25) is 0 Å². The molecule has 0 saturated heterocycles. The fraction of sp³-hybridized carbons (Fsp3) is 1.00. The first-order chi connectivity index (χ1) is 4.70. The van der Waals surface area contributed by atoms with Gasteiger partial charge in [-0.2, -0.15) is 0 Å². The summed E-state index contributed by atoms with van der Waals surface area (Å²) in [7, 11) is 0. The lowest BCUT2D eigenvalue weighted by Crippen LogP contribution is -2.18. The standard InChI is InChI=1S/C8H16FN/c1-6-2-3-7(10)4-5-8(6)9/h6-8H,2-5,10H2,1H3/t6?,7-,8?/m0/s1. The van der Waals surface area contributed by atoms with E-state index in [1.807, 2.05) is 6.92 Å². The second-order valence-corrected chi connectivity index (χ2v) is 3.41. The average Bonchev–Trinajstić information content (AvgIpc) is 2.04. The second-order valence-electron chi connectivity index (χ2n) is 3.41. The Kier molecular flexibility index (Phi) is 2.66. The van der Waals surface area contributed by atoms with Gasteiger partial charge in [0.15, 0.2) is 0 Å². The van der Waals surface area contributed by atoms with E-state index in [9.17, 15) is 4.39 Å². The lowest BCUT2D eigenvalue weighted by molar-refractivity contribution is 0.229. The van der Waals surface area contributed by atoms with Gasteiger partial charge in [-0.25, -0.2) is 4.39 Å². The van der Waals surface area contributed by atoms with Crippen molar-refractivity contribution in [2.24, 2.45) is 11.7 Å². The Morgan fingerprint density at radius 3 is 2.50 bits per heavy atom. The van der Waals surface area contributed by atoms with Gasteiger partial charge in [0, 0.05) is 6.04 Å². The van der Waals surface area contributed by atoms with Gasteiger partial charge in [-0.15, -0.1) is 0 Å². The smallest absolute Gasteiger partial charge is 0.103 e. The molecule has 1 rings (SSSR count). The molecule has 0 aliphatic heterocycles. The predicted octanol–water partition coefficient (Wildman–Crippen LogP) is 1.86. The Labute approximate surface area is 61.8 Å². The number of nitrogens with two attached hydrogens (primary N) is 1.